The van der Waals surface area contributed by atoms with E-state index in [1.54, 1.807) is 0 Å². The van der Waals surface area contributed by atoms with Gasteiger partial charge in [0.1, 0.15) is 12.7 Å². The minimum absolute atomic E-state index is 0.465. The molecule has 1 rings (SSSR count). The van der Waals surface area contributed by atoms with E-state index in [2.05, 4.69) is 20.9 Å². The van der Waals surface area contributed by atoms with Crippen molar-refractivity contribution >= 4 is 11.8 Å². The minimum Gasteiger partial charge on any atom is -0.348 e. The summed E-state index contributed by atoms with van der Waals surface area (Å²) >= 11 is 0. The molecule has 0 aromatic carbocycles. The number of nitrogens with zero attached hydrogens (tertiary/aromatic N) is 4. The number of carbonyl (C=O) groups excluding carboxylic acids is 2. The van der Waals surface area contributed by atoms with Crippen LogP contribution in [0, 0.1) is 0 Å². The van der Waals surface area contributed by atoms with Crippen molar-refractivity contribution in [3.05, 3.63) is 12.7 Å². The first-order chi connectivity index (χ1) is 8.09. The Kier molecular flexibility index (Phi) is 5.08. The molecule has 0 atom stereocenters. The highest BCUT2D eigenvalue weighted by Crippen LogP contribution is 1.82. The van der Waals surface area contributed by atoms with E-state index in [0.717, 1.165) is 13.0 Å². The van der Waals surface area contributed by atoms with Gasteiger partial charge < -0.3 is 10.2 Å². The van der Waals surface area contributed by atoms with Gasteiger partial charge in [0.15, 0.2) is 0 Å². The molecule has 0 spiro atoms. The van der Waals surface area contributed by atoms with Crippen molar-refractivity contribution in [1.29, 1.82) is 0 Å². The van der Waals surface area contributed by atoms with Crippen LogP contribution in [0.3, 0.4) is 0 Å². The fourth-order valence-corrected chi connectivity index (χ4v) is 1.10. The lowest BCUT2D eigenvalue weighted by Crippen LogP contribution is -2.39. The predicted octanol–water partition coefficient (Wildman–Crippen LogP) is -1.58. The Morgan fingerprint density at radius 2 is 1.88 bits per heavy atom. The van der Waals surface area contributed by atoms with Gasteiger partial charge in [0.05, 0.1) is 0 Å². The van der Waals surface area contributed by atoms with E-state index >= 15 is 0 Å². The molecule has 0 aliphatic heterocycles. The zero-order valence-electron chi connectivity index (χ0n) is 9.88. The molecule has 0 aliphatic carbocycles. The molecule has 0 aliphatic rings. The first kappa shape index (κ1) is 13.1. The molecule has 8 nitrogen and oxygen atoms in total. The van der Waals surface area contributed by atoms with Gasteiger partial charge in [-0.15, -0.1) is 10.2 Å². The average molecular weight is 240 g/mol. The highest BCUT2D eigenvalue weighted by atomic mass is 16.2. The molecule has 1 heterocycles. The third-order valence-corrected chi connectivity index (χ3v) is 1.92. The predicted molar refractivity (Wildman–Crippen MR) is 60.6 cm³/mol. The Labute approximate surface area is 99.0 Å². The Balaban J connectivity index is 2.21. The number of aromatic nitrogens is 3. The molecule has 94 valence electrons. The van der Waals surface area contributed by atoms with E-state index in [1.807, 2.05) is 19.0 Å². The van der Waals surface area contributed by atoms with E-state index in [-0.39, 0.29) is 0 Å². The monoisotopic (exact) mass is 240 g/mol. The smallest absolute Gasteiger partial charge is 0.328 e. The van der Waals surface area contributed by atoms with Gasteiger partial charge in [-0.2, -0.15) is 0 Å². The molecule has 2 N–H and O–H groups in total. The van der Waals surface area contributed by atoms with Crippen LogP contribution in [0.15, 0.2) is 12.7 Å². The number of rotatable bonds is 5. The summed E-state index contributed by atoms with van der Waals surface area (Å²) in [5, 5.41) is 9.50. The van der Waals surface area contributed by atoms with E-state index in [4.69, 9.17) is 0 Å². The average Bonchev–Trinajstić information content (AvgIpc) is 2.76. The standard InChI is InChI=1S/C9H16N6O2/c1-14(2)5-3-4-10-8(16)9(17)13-15-6-11-12-7-15/h6-7H,3-5H2,1-2H3,(H,10,16)(H,13,17). The largest absolute Gasteiger partial charge is 0.348 e. The fourth-order valence-electron chi connectivity index (χ4n) is 1.10. The molecule has 8 heteroatoms. The first-order valence-corrected chi connectivity index (χ1v) is 5.18. The van der Waals surface area contributed by atoms with E-state index in [1.165, 1.54) is 17.3 Å². The Morgan fingerprint density at radius 1 is 1.24 bits per heavy atom. The highest BCUT2D eigenvalue weighted by molar-refractivity contribution is 6.38. The van der Waals surface area contributed by atoms with E-state index in [9.17, 15) is 9.59 Å². The molecule has 1 aromatic rings. The summed E-state index contributed by atoms with van der Waals surface area (Å²) in [5.74, 6) is -1.41. The van der Waals surface area contributed by atoms with Gasteiger partial charge in [-0.1, -0.05) is 0 Å². The number of carbonyl (C=O) groups is 2. The Hall–Kier alpha value is -1.96. The summed E-state index contributed by atoms with van der Waals surface area (Å²) < 4.78 is 1.21. The maximum atomic E-state index is 11.3. The summed E-state index contributed by atoms with van der Waals surface area (Å²) in [6.07, 6.45) is 3.37. The van der Waals surface area contributed by atoms with Gasteiger partial charge in [-0.05, 0) is 27.1 Å². The first-order valence-electron chi connectivity index (χ1n) is 5.18. The SMILES string of the molecule is CN(C)CCCNC(=O)C(=O)Nn1cnnc1. The second kappa shape index (κ2) is 6.59. The normalized spacial score (nSPS) is 10.3. The molecular weight excluding hydrogens is 224 g/mol. The second-order valence-electron chi connectivity index (χ2n) is 3.72. The zero-order valence-corrected chi connectivity index (χ0v) is 9.88. The van der Waals surface area contributed by atoms with Crippen molar-refractivity contribution < 1.29 is 9.59 Å². The van der Waals surface area contributed by atoms with Crippen molar-refractivity contribution in [1.82, 2.24) is 25.1 Å². The van der Waals surface area contributed by atoms with Crippen LogP contribution in [0.2, 0.25) is 0 Å². The lowest BCUT2D eigenvalue weighted by atomic mass is 10.4. The molecule has 17 heavy (non-hydrogen) atoms. The lowest BCUT2D eigenvalue weighted by Gasteiger charge is -2.09. The number of hydrogen-bond donors (Lipinski definition) is 2. The topological polar surface area (TPSA) is 92.2 Å². The number of hydrogen-bond acceptors (Lipinski definition) is 5. The van der Waals surface area contributed by atoms with E-state index in [0.29, 0.717) is 6.54 Å². The summed E-state index contributed by atoms with van der Waals surface area (Å²) in [4.78, 5) is 24.7. The van der Waals surface area contributed by atoms with Crippen LogP contribution in [-0.2, 0) is 9.59 Å². The number of amides is 2. The van der Waals surface area contributed by atoms with Crippen molar-refractivity contribution in [2.75, 3.05) is 32.6 Å². The third kappa shape index (κ3) is 5.07. The van der Waals surface area contributed by atoms with Crippen molar-refractivity contribution in [2.45, 2.75) is 6.42 Å². The molecule has 0 unspecified atom stereocenters. The quantitative estimate of drug-likeness (QED) is 0.478. The van der Waals surface area contributed by atoms with Gasteiger partial charge in [-0.25, -0.2) is 4.68 Å². The van der Waals surface area contributed by atoms with Crippen molar-refractivity contribution in [3.63, 3.8) is 0 Å². The molecule has 0 saturated heterocycles. The zero-order chi connectivity index (χ0) is 12.7. The second-order valence-corrected chi connectivity index (χ2v) is 3.72. The maximum absolute atomic E-state index is 11.3. The minimum atomic E-state index is -0.741. The number of nitrogens with one attached hydrogen (secondary N) is 2. The van der Waals surface area contributed by atoms with Crippen LogP contribution in [0.5, 0.6) is 0 Å². The van der Waals surface area contributed by atoms with Gasteiger partial charge in [0, 0.05) is 6.54 Å². The summed E-state index contributed by atoms with van der Waals surface area (Å²) in [6, 6.07) is 0. The molecular formula is C9H16N6O2. The van der Waals surface area contributed by atoms with Gasteiger partial charge in [0.2, 0.25) is 0 Å². The third-order valence-electron chi connectivity index (χ3n) is 1.92. The highest BCUT2D eigenvalue weighted by Gasteiger charge is 2.12. The van der Waals surface area contributed by atoms with Gasteiger partial charge >= 0.3 is 11.8 Å². The lowest BCUT2D eigenvalue weighted by molar-refractivity contribution is -0.136. The van der Waals surface area contributed by atoms with Crippen LogP contribution in [0.25, 0.3) is 0 Å². The summed E-state index contributed by atoms with van der Waals surface area (Å²) in [7, 11) is 3.89. The molecule has 0 saturated carbocycles. The molecule has 0 bridgehead atoms. The maximum Gasteiger partial charge on any atom is 0.328 e. The van der Waals surface area contributed by atoms with E-state index < -0.39 is 11.8 Å². The molecule has 0 radical (unpaired) electrons. The van der Waals surface area contributed by atoms with Crippen LogP contribution < -0.4 is 10.7 Å². The van der Waals surface area contributed by atoms with Crippen LogP contribution >= 0.6 is 0 Å². The van der Waals surface area contributed by atoms with Crippen LogP contribution in [0.4, 0.5) is 0 Å². The van der Waals surface area contributed by atoms with Gasteiger partial charge in [0.25, 0.3) is 0 Å². The molecule has 2 amide bonds. The Bertz CT molecular complexity index is 362. The summed E-state index contributed by atoms with van der Waals surface area (Å²) in [5.41, 5.74) is 2.30. The Morgan fingerprint density at radius 3 is 2.47 bits per heavy atom. The summed E-state index contributed by atoms with van der Waals surface area (Å²) in [6.45, 7) is 1.32. The van der Waals surface area contributed by atoms with Crippen molar-refractivity contribution in [3.8, 4) is 0 Å². The molecule has 0 fully saturated rings. The fraction of sp³-hybridized carbons (Fsp3) is 0.556. The van der Waals surface area contributed by atoms with Crippen LogP contribution in [0.1, 0.15) is 6.42 Å². The molecule has 1 aromatic heterocycles. The van der Waals surface area contributed by atoms with Gasteiger partial charge in [-0.3, -0.25) is 15.0 Å². The van der Waals surface area contributed by atoms with Crippen molar-refractivity contribution in [2.24, 2.45) is 0 Å². The van der Waals surface area contributed by atoms with Crippen LogP contribution in [-0.4, -0.2) is 58.8 Å².